The summed E-state index contributed by atoms with van der Waals surface area (Å²) in [6.45, 7) is 3.82. The van der Waals surface area contributed by atoms with Crippen LogP contribution in [0.3, 0.4) is 0 Å². The molecule has 6 nitrogen and oxygen atoms in total. The molecule has 0 bridgehead atoms. The van der Waals surface area contributed by atoms with Crippen molar-refractivity contribution in [1.82, 2.24) is 9.97 Å². The van der Waals surface area contributed by atoms with Gasteiger partial charge in [0.15, 0.2) is 5.13 Å². The largest absolute Gasteiger partial charge is 0.494 e. The highest BCUT2D eigenvalue weighted by molar-refractivity contribution is 7.22. The van der Waals surface area contributed by atoms with Crippen molar-refractivity contribution in [1.29, 1.82) is 0 Å². The standard InChI is InChI=1S/C22H21N3O3S2/c1-2-27-15-6-8-18-20(11-15)30-22(24-18)25(12-16-4-3-9-28-16)21(26)14-5-7-17-19(10-14)29-13-23-17/h5-8,10-11,13,16H,2-4,9,12H2,1H3. The number of amides is 1. The summed E-state index contributed by atoms with van der Waals surface area (Å²) in [5.41, 5.74) is 4.21. The van der Waals surface area contributed by atoms with Crippen molar-refractivity contribution in [2.75, 3.05) is 24.7 Å². The first-order chi connectivity index (χ1) is 14.7. The summed E-state index contributed by atoms with van der Waals surface area (Å²) in [4.78, 5) is 24.4. The molecule has 2 aromatic heterocycles. The maximum atomic E-state index is 13.5. The topological polar surface area (TPSA) is 64.6 Å². The molecule has 0 aliphatic carbocycles. The minimum Gasteiger partial charge on any atom is -0.494 e. The quantitative estimate of drug-likeness (QED) is 0.417. The first-order valence-corrected chi connectivity index (χ1v) is 11.7. The van der Waals surface area contributed by atoms with E-state index < -0.39 is 0 Å². The highest BCUT2D eigenvalue weighted by atomic mass is 32.1. The van der Waals surface area contributed by atoms with Gasteiger partial charge < -0.3 is 9.47 Å². The lowest BCUT2D eigenvalue weighted by Gasteiger charge is -2.23. The molecular formula is C22H21N3O3S2. The lowest BCUT2D eigenvalue weighted by atomic mass is 10.1. The van der Waals surface area contributed by atoms with Crippen LogP contribution >= 0.6 is 22.7 Å². The van der Waals surface area contributed by atoms with E-state index in [9.17, 15) is 4.79 Å². The lowest BCUT2D eigenvalue weighted by molar-refractivity contribution is 0.0917. The van der Waals surface area contributed by atoms with E-state index in [0.717, 1.165) is 45.6 Å². The first kappa shape index (κ1) is 19.4. The monoisotopic (exact) mass is 439 g/mol. The van der Waals surface area contributed by atoms with Crippen LogP contribution in [-0.2, 0) is 4.74 Å². The third-order valence-electron chi connectivity index (χ3n) is 5.12. The number of aromatic nitrogens is 2. The van der Waals surface area contributed by atoms with Crippen LogP contribution in [0.1, 0.15) is 30.1 Å². The van der Waals surface area contributed by atoms with Crippen molar-refractivity contribution in [2.24, 2.45) is 0 Å². The van der Waals surface area contributed by atoms with Crippen molar-refractivity contribution in [2.45, 2.75) is 25.9 Å². The van der Waals surface area contributed by atoms with Gasteiger partial charge in [0.1, 0.15) is 5.75 Å². The number of thiazole rings is 2. The van der Waals surface area contributed by atoms with E-state index in [0.29, 0.717) is 23.8 Å². The molecule has 8 heteroatoms. The SMILES string of the molecule is CCOc1ccc2nc(N(CC3CCCO3)C(=O)c3ccc4ncsc4c3)sc2c1. The normalized spacial score (nSPS) is 16.4. The van der Waals surface area contributed by atoms with Gasteiger partial charge in [-0.2, -0.15) is 0 Å². The van der Waals surface area contributed by atoms with Gasteiger partial charge in [-0.1, -0.05) is 11.3 Å². The number of fused-ring (bicyclic) bond motifs is 2. The van der Waals surface area contributed by atoms with Crippen LogP contribution in [0.15, 0.2) is 41.9 Å². The molecule has 0 N–H and O–H groups in total. The van der Waals surface area contributed by atoms with Crippen LogP contribution in [0.25, 0.3) is 20.4 Å². The Bertz CT molecular complexity index is 1200. The Hall–Kier alpha value is -2.55. The van der Waals surface area contributed by atoms with Crippen LogP contribution in [0.5, 0.6) is 5.75 Å². The van der Waals surface area contributed by atoms with Gasteiger partial charge >= 0.3 is 0 Å². The Morgan fingerprint density at radius 1 is 1.23 bits per heavy atom. The molecule has 1 amide bonds. The van der Waals surface area contributed by atoms with Gasteiger partial charge in [-0.15, -0.1) is 11.3 Å². The van der Waals surface area contributed by atoms with Gasteiger partial charge in [0.25, 0.3) is 5.91 Å². The third-order valence-corrected chi connectivity index (χ3v) is 6.96. The Labute approximate surface area is 182 Å². The van der Waals surface area contributed by atoms with E-state index in [1.807, 2.05) is 43.3 Å². The summed E-state index contributed by atoms with van der Waals surface area (Å²) < 4.78 is 13.4. The number of hydrogen-bond acceptors (Lipinski definition) is 7. The summed E-state index contributed by atoms with van der Waals surface area (Å²) in [6.07, 6.45) is 2.01. The van der Waals surface area contributed by atoms with E-state index in [4.69, 9.17) is 14.5 Å². The minimum absolute atomic E-state index is 0.0343. The second-order valence-electron chi connectivity index (χ2n) is 7.14. The van der Waals surface area contributed by atoms with Crippen LogP contribution in [0, 0.1) is 0 Å². The molecule has 1 aliphatic heterocycles. The van der Waals surface area contributed by atoms with Crippen molar-refractivity contribution in [3.05, 3.63) is 47.5 Å². The third kappa shape index (κ3) is 3.78. The number of rotatable bonds is 6. The molecule has 1 fully saturated rings. The van der Waals surface area contributed by atoms with E-state index in [2.05, 4.69) is 4.98 Å². The summed E-state index contributed by atoms with van der Waals surface area (Å²) >= 11 is 3.04. The molecule has 4 aromatic rings. The minimum atomic E-state index is -0.0649. The average Bonchev–Trinajstić information content (AvgIpc) is 3.51. The molecule has 2 aromatic carbocycles. The summed E-state index contributed by atoms with van der Waals surface area (Å²) in [7, 11) is 0. The molecule has 154 valence electrons. The maximum absolute atomic E-state index is 13.5. The molecule has 30 heavy (non-hydrogen) atoms. The molecule has 3 heterocycles. The molecule has 0 radical (unpaired) electrons. The Morgan fingerprint density at radius 2 is 2.13 bits per heavy atom. The molecule has 0 saturated carbocycles. The molecule has 1 saturated heterocycles. The van der Waals surface area contributed by atoms with E-state index >= 15 is 0 Å². The Balaban J connectivity index is 1.52. The number of carbonyl (C=O) groups is 1. The number of anilines is 1. The highest BCUT2D eigenvalue weighted by Crippen LogP contribution is 2.33. The molecule has 1 atom stereocenters. The lowest BCUT2D eigenvalue weighted by Crippen LogP contribution is -2.37. The number of ether oxygens (including phenoxy) is 2. The zero-order valence-corrected chi connectivity index (χ0v) is 18.2. The second kappa shape index (κ2) is 8.29. The van der Waals surface area contributed by atoms with Crippen LogP contribution < -0.4 is 9.64 Å². The van der Waals surface area contributed by atoms with Crippen molar-refractivity contribution in [3.63, 3.8) is 0 Å². The fourth-order valence-electron chi connectivity index (χ4n) is 3.65. The number of hydrogen-bond donors (Lipinski definition) is 0. The smallest absolute Gasteiger partial charge is 0.260 e. The molecule has 1 unspecified atom stereocenters. The molecular weight excluding hydrogens is 418 g/mol. The van der Waals surface area contributed by atoms with Crippen LogP contribution in [0.4, 0.5) is 5.13 Å². The van der Waals surface area contributed by atoms with Gasteiger partial charge in [0, 0.05) is 12.2 Å². The van der Waals surface area contributed by atoms with Crippen molar-refractivity contribution < 1.29 is 14.3 Å². The van der Waals surface area contributed by atoms with Gasteiger partial charge in [-0.3, -0.25) is 9.69 Å². The molecule has 0 spiro atoms. The molecule has 5 rings (SSSR count). The number of nitrogens with zero attached hydrogens (tertiary/aromatic N) is 3. The predicted molar refractivity (Wildman–Crippen MR) is 121 cm³/mol. The van der Waals surface area contributed by atoms with Gasteiger partial charge in [-0.25, -0.2) is 9.97 Å². The van der Waals surface area contributed by atoms with Crippen LogP contribution in [0.2, 0.25) is 0 Å². The van der Waals surface area contributed by atoms with Crippen molar-refractivity contribution >= 4 is 54.1 Å². The summed E-state index contributed by atoms with van der Waals surface area (Å²) in [5.74, 6) is 0.748. The van der Waals surface area contributed by atoms with E-state index in [1.165, 1.54) is 22.7 Å². The summed E-state index contributed by atoms with van der Waals surface area (Å²) in [6, 6.07) is 11.5. The highest BCUT2D eigenvalue weighted by Gasteiger charge is 2.27. The predicted octanol–water partition coefficient (Wildman–Crippen LogP) is 5.13. The maximum Gasteiger partial charge on any atom is 0.260 e. The van der Waals surface area contributed by atoms with Gasteiger partial charge in [0.2, 0.25) is 0 Å². The number of benzene rings is 2. The fraction of sp³-hybridized carbons (Fsp3) is 0.318. The fourth-order valence-corrected chi connectivity index (χ4v) is 5.37. The van der Waals surface area contributed by atoms with Crippen LogP contribution in [-0.4, -0.2) is 41.7 Å². The second-order valence-corrected chi connectivity index (χ2v) is 9.04. The first-order valence-electron chi connectivity index (χ1n) is 10.0. The zero-order chi connectivity index (χ0) is 20.5. The van der Waals surface area contributed by atoms with E-state index in [1.54, 1.807) is 10.4 Å². The van der Waals surface area contributed by atoms with Gasteiger partial charge in [-0.05, 0) is 56.2 Å². The number of carbonyl (C=O) groups excluding carboxylic acids is 1. The molecule has 1 aliphatic rings. The average molecular weight is 440 g/mol. The summed E-state index contributed by atoms with van der Waals surface area (Å²) in [5, 5.41) is 0.684. The van der Waals surface area contributed by atoms with Crippen molar-refractivity contribution in [3.8, 4) is 5.75 Å². The Morgan fingerprint density at radius 3 is 2.97 bits per heavy atom. The van der Waals surface area contributed by atoms with E-state index in [-0.39, 0.29) is 12.0 Å². The zero-order valence-electron chi connectivity index (χ0n) is 16.5. The van der Waals surface area contributed by atoms with Gasteiger partial charge in [0.05, 0.1) is 45.2 Å². The Kier molecular flexibility index (Phi) is 5.37.